The Balaban J connectivity index is 1.28. The molecule has 0 aliphatic heterocycles. The van der Waals surface area contributed by atoms with Gasteiger partial charge in [0.1, 0.15) is 0 Å². The number of benzene rings is 6. The van der Waals surface area contributed by atoms with Crippen LogP contribution in [0.4, 0.5) is 0 Å². The van der Waals surface area contributed by atoms with Gasteiger partial charge in [0.15, 0.2) is 24.3 Å². The zero-order valence-electron chi connectivity index (χ0n) is 22.6. The summed E-state index contributed by atoms with van der Waals surface area (Å²) in [7, 11) is 0. The van der Waals surface area contributed by atoms with E-state index in [9.17, 15) is 0 Å². The maximum atomic E-state index is 5.56. The molecule has 0 radical (unpaired) electrons. The Morgan fingerprint density at radius 2 is 0.738 bits per heavy atom. The largest absolute Gasteiger partial charge is 0.444 e. The molecule has 42 heavy (non-hydrogen) atoms. The molecular weight excluding hydrogens is 516 g/mol. The van der Waals surface area contributed by atoms with Gasteiger partial charge in [0.2, 0.25) is 0 Å². The van der Waals surface area contributed by atoms with Crippen LogP contribution in [0.5, 0.6) is 0 Å². The Bertz CT molecular complexity index is 2040. The minimum Gasteiger partial charge on any atom is -0.444 e. The molecule has 8 aromatic rings. The third-order valence-corrected chi connectivity index (χ3v) is 7.92. The maximum Gasteiger partial charge on any atom is 0.181 e. The molecule has 6 aromatic carbocycles. The quantitative estimate of drug-likeness (QED) is 0.218. The molecule has 0 fully saturated rings. The van der Waals surface area contributed by atoms with E-state index in [1.807, 2.05) is 0 Å². The summed E-state index contributed by atoms with van der Waals surface area (Å²) in [5.74, 6) is 1.52. The van der Waals surface area contributed by atoms with Crippen LogP contribution in [-0.2, 0) is 0 Å². The molecular formula is C38H24N2O2. The highest BCUT2D eigenvalue weighted by molar-refractivity contribution is 6.12. The van der Waals surface area contributed by atoms with Crippen LogP contribution >= 0.6 is 0 Å². The van der Waals surface area contributed by atoms with Gasteiger partial charge in [-0.15, -0.1) is 0 Å². The first-order chi connectivity index (χ1) is 20.8. The van der Waals surface area contributed by atoms with Gasteiger partial charge in [-0.25, -0.2) is 9.97 Å². The Hall–Kier alpha value is -5.74. The number of aromatic nitrogens is 2. The predicted molar refractivity (Wildman–Crippen MR) is 169 cm³/mol. The number of hydrogen-bond donors (Lipinski definition) is 0. The van der Waals surface area contributed by atoms with Crippen molar-refractivity contribution in [2.75, 3.05) is 0 Å². The van der Waals surface area contributed by atoms with E-state index < -0.39 is 0 Å². The normalized spacial score (nSPS) is 11.3. The molecule has 198 valence electrons. The van der Waals surface area contributed by atoms with Crippen LogP contribution in [0.15, 0.2) is 155 Å². The minimum absolute atomic E-state index is 0.760. The summed E-state index contributed by atoms with van der Waals surface area (Å²) >= 11 is 0. The molecule has 2 aromatic heterocycles. The highest BCUT2D eigenvalue weighted by Gasteiger charge is 2.15. The number of nitrogens with zero attached hydrogens (tertiary/aromatic N) is 2. The Morgan fingerprint density at radius 1 is 0.357 bits per heavy atom. The Kier molecular flexibility index (Phi) is 5.75. The molecule has 0 saturated carbocycles. The lowest BCUT2D eigenvalue weighted by Crippen LogP contribution is -1.90. The monoisotopic (exact) mass is 540 g/mol. The van der Waals surface area contributed by atoms with E-state index in [0.29, 0.717) is 0 Å². The van der Waals surface area contributed by atoms with Gasteiger partial charge >= 0.3 is 0 Å². The molecule has 0 aliphatic carbocycles. The maximum absolute atomic E-state index is 5.56. The number of hydrogen-bond acceptors (Lipinski definition) is 4. The lowest BCUT2D eigenvalue weighted by molar-refractivity contribution is 0.571. The van der Waals surface area contributed by atoms with Gasteiger partial charge in [-0.3, -0.25) is 0 Å². The summed E-state index contributed by atoms with van der Waals surface area (Å²) < 4.78 is 11.1. The van der Waals surface area contributed by atoms with Gasteiger partial charge in [0, 0.05) is 11.1 Å². The topological polar surface area (TPSA) is 52.1 Å². The zero-order valence-corrected chi connectivity index (χ0v) is 22.6. The standard InChI is InChI=1S/C38H24N2O2/c1-3-13-33-31(11-1)29(25-7-5-9-27(19-25)37-21-39-23-41-37)15-17-35(33)36-18-16-30(32-12-2-4-14-34(32)36)26-8-6-10-28(20-26)38-22-40-24-42-38/h1-24H. The minimum atomic E-state index is 0.760. The van der Waals surface area contributed by atoms with E-state index >= 15 is 0 Å². The van der Waals surface area contributed by atoms with E-state index in [4.69, 9.17) is 8.83 Å². The Labute approximate surface area is 242 Å². The van der Waals surface area contributed by atoms with Crippen LogP contribution in [-0.4, -0.2) is 9.97 Å². The fourth-order valence-electron chi connectivity index (χ4n) is 5.97. The van der Waals surface area contributed by atoms with Crippen LogP contribution in [0.3, 0.4) is 0 Å². The van der Waals surface area contributed by atoms with Crippen molar-refractivity contribution in [3.8, 4) is 56.0 Å². The second-order valence-electron chi connectivity index (χ2n) is 10.3. The van der Waals surface area contributed by atoms with E-state index in [1.165, 1.54) is 56.6 Å². The first-order valence-corrected chi connectivity index (χ1v) is 13.9. The molecule has 2 heterocycles. The molecule has 0 bridgehead atoms. The van der Waals surface area contributed by atoms with E-state index in [-0.39, 0.29) is 0 Å². The van der Waals surface area contributed by atoms with E-state index in [2.05, 4.69) is 131 Å². The van der Waals surface area contributed by atoms with Crippen molar-refractivity contribution in [2.24, 2.45) is 0 Å². The molecule has 0 amide bonds. The lowest BCUT2D eigenvalue weighted by atomic mass is 9.87. The molecule has 4 heteroatoms. The number of rotatable bonds is 5. The van der Waals surface area contributed by atoms with E-state index in [1.54, 1.807) is 12.4 Å². The molecule has 0 saturated heterocycles. The van der Waals surface area contributed by atoms with E-state index in [0.717, 1.165) is 33.8 Å². The van der Waals surface area contributed by atoms with Crippen LogP contribution in [0, 0.1) is 0 Å². The average molecular weight is 541 g/mol. The van der Waals surface area contributed by atoms with Gasteiger partial charge < -0.3 is 8.83 Å². The zero-order chi connectivity index (χ0) is 27.9. The highest BCUT2D eigenvalue weighted by Crippen LogP contribution is 2.41. The molecule has 8 rings (SSSR count). The summed E-state index contributed by atoms with van der Waals surface area (Å²) in [5, 5.41) is 4.84. The lowest BCUT2D eigenvalue weighted by Gasteiger charge is -2.16. The van der Waals surface area contributed by atoms with Crippen molar-refractivity contribution in [3.05, 3.63) is 147 Å². The second kappa shape index (κ2) is 10.0. The molecule has 4 nitrogen and oxygen atoms in total. The molecule has 0 aliphatic rings. The van der Waals surface area contributed by atoms with Crippen molar-refractivity contribution in [2.45, 2.75) is 0 Å². The van der Waals surface area contributed by atoms with Gasteiger partial charge in [-0.2, -0.15) is 0 Å². The molecule has 0 spiro atoms. The van der Waals surface area contributed by atoms with Crippen LogP contribution in [0.25, 0.3) is 77.6 Å². The SMILES string of the molecule is c1cc(-c2cnco2)cc(-c2ccc(-c3ccc(-c4cccc(-c5cnco5)c4)c4ccccc34)c3ccccc23)c1. The highest BCUT2D eigenvalue weighted by atomic mass is 16.3. The third-order valence-electron chi connectivity index (χ3n) is 7.92. The molecule has 0 N–H and O–H groups in total. The smallest absolute Gasteiger partial charge is 0.181 e. The average Bonchev–Trinajstić information content (AvgIpc) is 3.80. The summed E-state index contributed by atoms with van der Waals surface area (Å²) in [6.45, 7) is 0. The summed E-state index contributed by atoms with van der Waals surface area (Å²) in [4.78, 5) is 8.18. The van der Waals surface area contributed by atoms with Crippen LogP contribution in [0.2, 0.25) is 0 Å². The van der Waals surface area contributed by atoms with Crippen molar-refractivity contribution in [1.29, 1.82) is 0 Å². The first kappa shape index (κ1) is 24.1. The van der Waals surface area contributed by atoms with Crippen molar-refractivity contribution < 1.29 is 8.83 Å². The Morgan fingerprint density at radius 3 is 1.14 bits per heavy atom. The fraction of sp³-hybridized carbons (Fsp3) is 0. The third kappa shape index (κ3) is 4.09. The summed E-state index contributed by atoms with van der Waals surface area (Å²) in [6.07, 6.45) is 6.43. The first-order valence-electron chi connectivity index (χ1n) is 13.9. The summed E-state index contributed by atoms with van der Waals surface area (Å²) in [5.41, 5.74) is 9.07. The van der Waals surface area contributed by atoms with Crippen molar-refractivity contribution in [3.63, 3.8) is 0 Å². The fourth-order valence-corrected chi connectivity index (χ4v) is 5.97. The van der Waals surface area contributed by atoms with Crippen molar-refractivity contribution >= 4 is 21.5 Å². The van der Waals surface area contributed by atoms with Crippen LogP contribution in [0.1, 0.15) is 0 Å². The summed E-state index contributed by atoms with van der Waals surface area (Å²) in [6, 6.07) is 43.2. The molecule has 0 atom stereocenters. The molecule has 0 unspecified atom stereocenters. The van der Waals surface area contributed by atoms with Crippen LogP contribution < -0.4 is 0 Å². The predicted octanol–water partition coefficient (Wildman–Crippen LogP) is 10.3. The van der Waals surface area contributed by atoms with Crippen molar-refractivity contribution in [1.82, 2.24) is 9.97 Å². The van der Waals surface area contributed by atoms with Gasteiger partial charge in [-0.05, 0) is 67.1 Å². The van der Waals surface area contributed by atoms with Gasteiger partial charge in [0.05, 0.1) is 12.4 Å². The van der Waals surface area contributed by atoms with Gasteiger partial charge in [-0.1, -0.05) is 109 Å². The number of oxazole rings is 2. The van der Waals surface area contributed by atoms with Gasteiger partial charge in [0.25, 0.3) is 0 Å². The second-order valence-corrected chi connectivity index (χ2v) is 10.3. The number of fused-ring (bicyclic) bond motifs is 2.